The van der Waals surface area contributed by atoms with E-state index in [0.717, 1.165) is 19.3 Å². The van der Waals surface area contributed by atoms with Gasteiger partial charge in [0, 0.05) is 18.9 Å². The van der Waals surface area contributed by atoms with E-state index in [4.69, 9.17) is 0 Å². The summed E-state index contributed by atoms with van der Waals surface area (Å²) in [5, 5.41) is 12.8. The van der Waals surface area contributed by atoms with Crippen LogP contribution in [0.5, 0.6) is 0 Å². The summed E-state index contributed by atoms with van der Waals surface area (Å²) >= 11 is 0. The molecule has 1 aliphatic heterocycles. The lowest BCUT2D eigenvalue weighted by Crippen LogP contribution is -2.58. The first-order valence-corrected chi connectivity index (χ1v) is 10.9. The van der Waals surface area contributed by atoms with Gasteiger partial charge in [-0.15, -0.1) is 0 Å². The molecule has 29 heavy (non-hydrogen) atoms. The third-order valence-electron chi connectivity index (χ3n) is 6.77. The highest BCUT2D eigenvalue weighted by atomic mass is 19.1. The number of halogens is 1. The molecular formula is C22H35FN2O4. The minimum atomic E-state index is -1.87. The van der Waals surface area contributed by atoms with Crippen molar-refractivity contribution < 1.29 is 23.9 Å². The molecular weight excluding hydrogens is 375 g/mol. The number of carbonyl (C=O) groups excluding carboxylic acids is 3. The smallest absolute Gasteiger partial charge is 0.258 e. The van der Waals surface area contributed by atoms with E-state index in [1.807, 2.05) is 6.92 Å². The van der Waals surface area contributed by atoms with Crippen LogP contribution in [0.15, 0.2) is 0 Å². The minimum absolute atomic E-state index is 0.0232. The maximum atomic E-state index is 14.2. The minimum Gasteiger partial charge on any atom is -0.391 e. The quantitative estimate of drug-likeness (QED) is 0.675. The van der Waals surface area contributed by atoms with Gasteiger partial charge in [-0.3, -0.25) is 14.4 Å². The van der Waals surface area contributed by atoms with Crippen molar-refractivity contribution in [1.29, 1.82) is 0 Å². The van der Waals surface area contributed by atoms with Crippen LogP contribution in [0.25, 0.3) is 0 Å². The first-order valence-electron chi connectivity index (χ1n) is 10.9. The van der Waals surface area contributed by atoms with E-state index in [0.29, 0.717) is 5.92 Å². The fraction of sp³-hybridized carbons (Fsp3) is 0.864. The number of rotatable bonds is 7. The topological polar surface area (TPSA) is 86.7 Å². The van der Waals surface area contributed by atoms with Crippen LogP contribution < -0.4 is 5.32 Å². The molecule has 0 bridgehead atoms. The number of amides is 2. The van der Waals surface area contributed by atoms with Gasteiger partial charge in [-0.25, -0.2) is 4.39 Å². The Kier molecular flexibility index (Phi) is 6.10. The number of Topliss-reactive ketones (excluding diaryl/α,β-unsaturated/α-hetero) is 1. The summed E-state index contributed by atoms with van der Waals surface area (Å²) in [6, 6.07) is -1.64. The molecule has 3 fully saturated rings. The number of alkyl halides is 1. The number of β-amino-alcohol motifs (C(OH)–C–C–N with tert-alkyl or cyclic N) is 1. The second kappa shape index (κ2) is 7.97. The van der Waals surface area contributed by atoms with Gasteiger partial charge < -0.3 is 15.3 Å². The molecule has 164 valence electrons. The number of aliphatic hydroxyl groups is 1. The fourth-order valence-corrected chi connectivity index (χ4v) is 4.41. The summed E-state index contributed by atoms with van der Waals surface area (Å²) in [6.07, 6.45) is 4.12. The van der Waals surface area contributed by atoms with E-state index < -0.39 is 41.1 Å². The lowest BCUT2D eigenvalue weighted by Gasteiger charge is -2.36. The van der Waals surface area contributed by atoms with Gasteiger partial charge in [-0.1, -0.05) is 47.0 Å². The van der Waals surface area contributed by atoms with Crippen molar-refractivity contribution in [2.75, 3.05) is 6.54 Å². The number of likely N-dealkylation sites (tertiary alicyclic amines) is 1. The Morgan fingerprint density at radius 3 is 2.34 bits per heavy atom. The first kappa shape index (κ1) is 22.2. The molecule has 4 atom stereocenters. The predicted molar refractivity (Wildman–Crippen MR) is 107 cm³/mol. The highest BCUT2D eigenvalue weighted by Crippen LogP contribution is 2.40. The monoisotopic (exact) mass is 410 g/mol. The molecule has 0 aromatic heterocycles. The van der Waals surface area contributed by atoms with Crippen LogP contribution in [0.4, 0.5) is 4.39 Å². The molecule has 0 unspecified atom stereocenters. The molecule has 2 saturated carbocycles. The Hall–Kier alpha value is -1.50. The zero-order valence-electron chi connectivity index (χ0n) is 18.0. The maximum Gasteiger partial charge on any atom is 0.258 e. The van der Waals surface area contributed by atoms with Crippen molar-refractivity contribution in [3.05, 3.63) is 0 Å². The Morgan fingerprint density at radius 2 is 1.86 bits per heavy atom. The standard InChI is InChI=1S/C22H35FN2O4/c1-13(10-14-6-5-7-14)17(27)16-11-15(26)12-25(16)19(28)18(21(2,3)4)24-20(29)22(23)8-9-22/h13-16,18,26H,5-12H2,1-4H3,(H,24,29)/t13-,15-,16+,18-/m1/s1. The van der Waals surface area contributed by atoms with E-state index in [2.05, 4.69) is 5.32 Å². The van der Waals surface area contributed by atoms with Crippen molar-refractivity contribution >= 4 is 17.6 Å². The number of hydrogen-bond acceptors (Lipinski definition) is 4. The van der Waals surface area contributed by atoms with Crippen molar-refractivity contribution in [2.24, 2.45) is 17.3 Å². The number of aliphatic hydroxyl groups excluding tert-OH is 1. The number of nitrogens with zero attached hydrogens (tertiary/aromatic N) is 1. The molecule has 3 aliphatic rings. The molecule has 0 radical (unpaired) electrons. The first-order chi connectivity index (χ1) is 13.4. The lowest BCUT2D eigenvalue weighted by molar-refractivity contribution is -0.145. The van der Waals surface area contributed by atoms with Gasteiger partial charge in [0.1, 0.15) is 6.04 Å². The molecule has 2 N–H and O–H groups in total. The lowest BCUT2D eigenvalue weighted by atomic mass is 9.77. The molecule has 1 heterocycles. The maximum absolute atomic E-state index is 14.2. The van der Waals surface area contributed by atoms with Gasteiger partial charge >= 0.3 is 0 Å². The van der Waals surface area contributed by atoms with Crippen LogP contribution in [0.1, 0.15) is 72.6 Å². The molecule has 0 aromatic rings. The highest BCUT2D eigenvalue weighted by Gasteiger charge is 2.53. The molecule has 2 amide bonds. The highest BCUT2D eigenvalue weighted by molar-refractivity contribution is 5.96. The molecule has 1 saturated heterocycles. The molecule has 7 heteroatoms. The van der Waals surface area contributed by atoms with Crippen LogP contribution in [0.3, 0.4) is 0 Å². The summed E-state index contributed by atoms with van der Waals surface area (Å²) < 4.78 is 14.2. The second-order valence-electron chi connectivity index (χ2n) is 10.5. The number of nitrogens with one attached hydrogen (secondary N) is 1. The third-order valence-corrected chi connectivity index (χ3v) is 6.77. The SMILES string of the molecule is C[C@H](CC1CCC1)C(=O)[C@@H]1C[C@@H](O)CN1C(=O)[C@@H](NC(=O)C1(F)CC1)C(C)(C)C. The average Bonchev–Trinajstić information content (AvgIpc) is 3.23. The normalized spacial score (nSPS) is 28.4. The molecule has 0 aromatic carbocycles. The Bertz CT molecular complexity index is 666. The van der Waals surface area contributed by atoms with E-state index in [1.165, 1.54) is 11.3 Å². The van der Waals surface area contributed by atoms with Gasteiger partial charge in [0.2, 0.25) is 5.91 Å². The average molecular weight is 411 g/mol. The zero-order valence-corrected chi connectivity index (χ0v) is 18.0. The van der Waals surface area contributed by atoms with Crippen molar-refractivity contribution in [3.8, 4) is 0 Å². The Balaban J connectivity index is 1.73. The summed E-state index contributed by atoms with van der Waals surface area (Å²) in [6.45, 7) is 7.37. The van der Waals surface area contributed by atoms with Crippen molar-refractivity contribution in [3.63, 3.8) is 0 Å². The summed E-state index contributed by atoms with van der Waals surface area (Å²) in [5.74, 6) is -0.794. The van der Waals surface area contributed by atoms with Crippen molar-refractivity contribution in [1.82, 2.24) is 10.2 Å². The Morgan fingerprint density at radius 1 is 1.24 bits per heavy atom. The van der Waals surface area contributed by atoms with Gasteiger partial charge in [0.25, 0.3) is 5.91 Å². The van der Waals surface area contributed by atoms with Gasteiger partial charge in [-0.05, 0) is 30.6 Å². The van der Waals surface area contributed by atoms with Crippen molar-refractivity contribution in [2.45, 2.75) is 96.5 Å². The predicted octanol–water partition coefficient (Wildman–Crippen LogP) is 2.38. The summed E-state index contributed by atoms with van der Waals surface area (Å²) in [5.41, 5.74) is -2.53. The zero-order chi connectivity index (χ0) is 21.6. The van der Waals surface area contributed by atoms with Gasteiger partial charge in [0.15, 0.2) is 11.5 Å². The third kappa shape index (κ3) is 4.81. The van der Waals surface area contributed by atoms with Crippen LogP contribution in [-0.2, 0) is 14.4 Å². The van der Waals surface area contributed by atoms with Crippen LogP contribution in [0.2, 0.25) is 0 Å². The van der Waals surface area contributed by atoms with Crippen LogP contribution in [0, 0.1) is 17.3 Å². The van der Waals surface area contributed by atoms with Gasteiger partial charge in [-0.2, -0.15) is 0 Å². The van der Waals surface area contributed by atoms with E-state index in [1.54, 1.807) is 20.8 Å². The molecule has 3 rings (SSSR count). The van der Waals surface area contributed by atoms with E-state index in [-0.39, 0.29) is 37.5 Å². The second-order valence-corrected chi connectivity index (χ2v) is 10.5. The number of ketones is 1. The summed E-state index contributed by atoms with van der Waals surface area (Å²) in [7, 11) is 0. The van der Waals surface area contributed by atoms with E-state index >= 15 is 0 Å². The largest absolute Gasteiger partial charge is 0.391 e. The fourth-order valence-electron chi connectivity index (χ4n) is 4.41. The Labute approximate surface area is 172 Å². The van der Waals surface area contributed by atoms with Crippen LogP contribution >= 0.6 is 0 Å². The van der Waals surface area contributed by atoms with Gasteiger partial charge in [0.05, 0.1) is 12.1 Å². The van der Waals surface area contributed by atoms with E-state index in [9.17, 15) is 23.9 Å². The number of carbonyl (C=O) groups is 3. The summed E-state index contributed by atoms with van der Waals surface area (Å²) in [4.78, 5) is 40.2. The molecule has 0 spiro atoms. The molecule has 6 nitrogen and oxygen atoms in total. The van der Waals surface area contributed by atoms with Crippen LogP contribution in [-0.4, -0.2) is 58.0 Å². The number of hydrogen-bond donors (Lipinski definition) is 2. The molecule has 2 aliphatic carbocycles.